The number of aryl methyl sites for hydroxylation is 2. The predicted molar refractivity (Wildman–Crippen MR) is 164 cm³/mol. The van der Waals surface area contributed by atoms with E-state index >= 15 is 0 Å². The molecular weight excluding hydrogens is 552 g/mol. The van der Waals surface area contributed by atoms with Crippen molar-refractivity contribution in [3.8, 4) is 5.75 Å². The van der Waals surface area contributed by atoms with Crippen LogP contribution in [0.15, 0.2) is 91.0 Å². The second-order valence-corrected chi connectivity index (χ2v) is 12.4. The van der Waals surface area contributed by atoms with Crippen LogP contribution in [0.2, 0.25) is 0 Å². The molecule has 9 rings (SSSR count). The topological polar surface area (TPSA) is 84.0 Å². The van der Waals surface area contributed by atoms with Crippen molar-refractivity contribution < 1.29 is 23.9 Å². The Kier molecular flexibility index (Phi) is 5.88. The quantitative estimate of drug-likeness (QED) is 0.176. The van der Waals surface area contributed by atoms with E-state index in [2.05, 4.69) is 24.3 Å². The SMILES string of the molecule is Cc1ccc(N2C[C@H](C(=O)Oc3cccc(N4C(=O)[C@@H]5C6c7ccccc7C(c7ccccc76)[C@@H]5C4=O)c3)CC2=O)c(C)c1. The zero-order valence-electron chi connectivity index (χ0n) is 24.4. The molecule has 0 aromatic heterocycles. The number of esters is 1. The van der Waals surface area contributed by atoms with E-state index in [4.69, 9.17) is 4.74 Å². The molecule has 2 bridgehead atoms. The molecule has 2 aliphatic heterocycles. The average molecular weight is 583 g/mol. The molecule has 0 N–H and O–H groups in total. The van der Waals surface area contributed by atoms with Crippen molar-refractivity contribution in [3.63, 3.8) is 0 Å². The number of imide groups is 1. The van der Waals surface area contributed by atoms with Gasteiger partial charge < -0.3 is 9.64 Å². The predicted octanol–water partition coefficient (Wildman–Crippen LogP) is 5.66. The molecule has 0 unspecified atom stereocenters. The largest absolute Gasteiger partial charge is 0.426 e. The van der Waals surface area contributed by atoms with Crippen molar-refractivity contribution >= 4 is 35.1 Å². The molecule has 0 spiro atoms. The molecule has 4 aromatic carbocycles. The van der Waals surface area contributed by atoms with Crippen molar-refractivity contribution in [2.24, 2.45) is 17.8 Å². The van der Waals surface area contributed by atoms with Gasteiger partial charge in [0.1, 0.15) is 5.75 Å². The van der Waals surface area contributed by atoms with E-state index < -0.39 is 23.7 Å². The first-order valence-electron chi connectivity index (χ1n) is 15.1. The Morgan fingerprint density at radius 3 is 1.89 bits per heavy atom. The zero-order valence-corrected chi connectivity index (χ0v) is 24.4. The molecule has 4 aromatic rings. The van der Waals surface area contributed by atoms with Gasteiger partial charge in [-0.2, -0.15) is 0 Å². The first-order chi connectivity index (χ1) is 21.3. The lowest BCUT2D eigenvalue weighted by Crippen LogP contribution is -2.41. The Morgan fingerprint density at radius 1 is 0.727 bits per heavy atom. The highest BCUT2D eigenvalue weighted by Crippen LogP contribution is 2.61. The number of rotatable bonds is 4. The lowest BCUT2D eigenvalue weighted by atomic mass is 9.55. The highest BCUT2D eigenvalue weighted by atomic mass is 16.5. The highest BCUT2D eigenvalue weighted by molar-refractivity contribution is 6.23. The third-order valence-electron chi connectivity index (χ3n) is 9.84. The molecule has 2 heterocycles. The Hall–Kier alpha value is -5.04. The van der Waals surface area contributed by atoms with Crippen LogP contribution in [0.3, 0.4) is 0 Å². The summed E-state index contributed by atoms with van der Waals surface area (Å²) in [5.74, 6) is -2.87. The maximum Gasteiger partial charge on any atom is 0.316 e. The maximum absolute atomic E-state index is 14.1. The maximum atomic E-state index is 14.1. The van der Waals surface area contributed by atoms with Crippen LogP contribution in [0.25, 0.3) is 0 Å². The van der Waals surface area contributed by atoms with E-state index in [0.717, 1.165) is 39.1 Å². The van der Waals surface area contributed by atoms with Gasteiger partial charge in [0.15, 0.2) is 0 Å². The van der Waals surface area contributed by atoms with Gasteiger partial charge in [0.05, 0.1) is 23.4 Å². The first kappa shape index (κ1) is 26.6. The third-order valence-corrected chi connectivity index (χ3v) is 9.84. The number of ether oxygens (including phenoxy) is 1. The van der Waals surface area contributed by atoms with E-state index in [9.17, 15) is 19.2 Å². The molecule has 3 amide bonds. The van der Waals surface area contributed by atoms with Gasteiger partial charge in [0.25, 0.3) is 0 Å². The minimum atomic E-state index is -0.627. The van der Waals surface area contributed by atoms with Crippen LogP contribution < -0.4 is 14.5 Å². The van der Waals surface area contributed by atoms with Crippen molar-refractivity contribution in [3.05, 3.63) is 124 Å². The molecule has 218 valence electrons. The molecule has 0 saturated carbocycles. The number of amides is 3. The number of hydrogen-bond acceptors (Lipinski definition) is 5. The summed E-state index contributed by atoms with van der Waals surface area (Å²) in [6, 6.07) is 28.7. The lowest BCUT2D eigenvalue weighted by Gasteiger charge is -2.45. The van der Waals surface area contributed by atoms with E-state index in [1.54, 1.807) is 29.2 Å². The Balaban J connectivity index is 1.06. The fourth-order valence-electron chi connectivity index (χ4n) is 8.02. The van der Waals surface area contributed by atoms with Crippen LogP contribution in [0.4, 0.5) is 11.4 Å². The van der Waals surface area contributed by atoms with Crippen LogP contribution in [0.5, 0.6) is 5.75 Å². The molecular formula is C37H30N2O5. The molecule has 44 heavy (non-hydrogen) atoms. The molecule has 7 heteroatoms. The van der Waals surface area contributed by atoms with Crippen LogP contribution in [-0.2, 0) is 19.2 Å². The second-order valence-electron chi connectivity index (χ2n) is 12.4. The molecule has 2 fully saturated rings. The fraction of sp³-hybridized carbons (Fsp3) is 0.243. The summed E-state index contributed by atoms with van der Waals surface area (Å²) in [5, 5.41) is 0. The van der Waals surface area contributed by atoms with Gasteiger partial charge in [-0.25, -0.2) is 4.90 Å². The number of carbonyl (C=O) groups excluding carboxylic acids is 4. The number of anilines is 2. The monoisotopic (exact) mass is 582 g/mol. The molecule has 5 aliphatic rings. The summed E-state index contributed by atoms with van der Waals surface area (Å²) in [6.07, 6.45) is 0.0577. The number of hydrogen-bond donors (Lipinski definition) is 0. The van der Waals surface area contributed by atoms with Gasteiger partial charge in [0.2, 0.25) is 17.7 Å². The minimum absolute atomic E-state index is 0.0577. The van der Waals surface area contributed by atoms with Crippen molar-refractivity contribution in [2.75, 3.05) is 16.3 Å². The average Bonchev–Trinajstić information content (AvgIpc) is 3.54. The summed E-state index contributed by atoms with van der Waals surface area (Å²) in [5.41, 5.74) is 7.71. The standard InChI is InChI=1S/C37H30N2O5/c1-20-14-15-29(21(2)16-20)38-19-22(17-30(38)40)37(43)44-24-9-7-8-23(18-24)39-35(41)33-31-25-10-3-4-11-26(25)32(34(33)36(39)42)28-13-6-5-12-27(28)31/h3-16,18,22,31-34H,17,19H2,1-2H3/t22-,31?,32?,33-,34+/m1/s1. The molecule has 3 aliphatic carbocycles. The molecule has 7 nitrogen and oxygen atoms in total. The summed E-state index contributed by atoms with van der Waals surface area (Å²) in [7, 11) is 0. The summed E-state index contributed by atoms with van der Waals surface area (Å²) < 4.78 is 5.76. The minimum Gasteiger partial charge on any atom is -0.426 e. The van der Waals surface area contributed by atoms with Crippen LogP contribution >= 0.6 is 0 Å². The zero-order chi connectivity index (χ0) is 30.3. The fourth-order valence-corrected chi connectivity index (χ4v) is 8.02. The van der Waals surface area contributed by atoms with Crippen LogP contribution in [0, 0.1) is 31.6 Å². The van der Waals surface area contributed by atoms with Gasteiger partial charge in [-0.1, -0.05) is 72.3 Å². The van der Waals surface area contributed by atoms with Gasteiger partial charge >= 0.3 is 5.97 Å². The van der Waals surface area contributed by atoms with E-state index in [1.165, 1.54) is 4.90 Å². The summed E-state index contributed by atoms with van der Waals surface area (Å²) >= 11 is 0. The summed E-state index contributed by atoms with van der Waals surface area (Å²) in [6.45, 7) is 4.18. The Morgan fingerprint density at radius 2 is 1.32 bits per heavy atom. The van der Waals surface area contributed by atoms with Crippen LogP contribution in [0.1, 0.15) is 51.6 Å². The van der Waals surface area contributed by atoms with Gasteiger partial charge in [-0.3, -0.25) is 19.2 Å². The van der Waals surface area contributed by atoms with E-state index in [-0.39, 0.29) is 48.3 Å². The first-order valence-corrected chi connectivity index (χ1v) is 15.1. The number of carbonyl (C=O) groups is 4. The van der Waals surface area contributed by atoms with E-state index in [0.29, 0.717) is 5.69 Å². The van der Waals surface area contributed by atoms with Gasteiger partial charge in [-0.15, -0.1) is 0 Å². The second kappa shape index (κ2) is 9.74. The smallest absolute Gasteiger partial charge is 0.316 e. The summed E-state index contributed by atoms with van der Waals surface area (Å²) in [4.78, 5) is 57.3. The molecule has 0 radical (unpaired) electrons. The molecule has 3 atom stereocenters. The van der Waals surface area contributed by atoms with Gasteiger partial charge in [-0.05, 0) is 59.9 Å². The normalized spacial score (nSPS) is 24.8. The highest BCUT2D eigenvalue weighted by Gasteiger charge is 2.61. The number of benzene rings is 4. The van der Waals surface area contributed by atoms with Crippen molar-refractivity contribution in [2.45, 2.75) is 32.1 Å². The molecule has 2 saturated heterocycles. The Labute approximate surface area is 255 Å². The number of nitrogens with zero attached hydrogens (tertiary/aromatic N) is 2. The van der Waals surface area contributed by atoms with Gasteiger partial charge in [0, 0.05) is 36.6 Å². The Bertz CT molecular complexity index is 1800. The third kappa shape index (κ3) is 3.81. The van der Waals surface area contributed by atoms with Crippen LogP contribution in [-0.4, -0.2) is 30.2 Å². The van der Waals surface area contributed by atoms with Crippen molar-refractivity contribution in [1.29, 1.82) is 0 Å². The van der Waals surface area contributed by atoms with E-state index in [1.807, 2.05) is 56.3 Å². The van der Waals surface area contributed by atoms with Crippen molar-refractivity contribution in [1.82, 2.24) is 0 Å². The lowest BCUT2D eigenvalue weighted by molar-refractivity contribution is -0.139.